The first kappa shape index (κ1) is 11.5. The van der Waals surface area contributed by atoms with Crippen LogP contribution in [0.2, 0.25) is 0 Å². The van der Waals surface area contributed by atoms with Crippen molar-refractivity contribution in [3.8, 4) is 12.3 Å². The molecule has 2 fully saturated rings. The highest BCUT2D eigenvalue weighted by Gasteiger charge is 2.62. The molecular formula is C14H20O2. The average molecular weight is 220 g/mol. The molecule has 2 nitrogen and oxygen atoms in total. The van der Waals surface area contributed by atoms with Crippen LogP contribution in [-0.2, 0) is 9.53 Å². The van der Waals surface area contributed by atoms with Crippen LogP contribution >= 0.6 is 0 Å². The molecular weight excluding hydrogens is 200 g/mol. The lowest BCUT2D eigenvalue weighted by molar-refractivity contribution is -0.155. The molecule has 2 rings (SSSR count). The Morgan fingerprint density at radius 1 is 1.50 bits per heavy atom. The second-order valence-corrected chi connectivity index (χ2v) is 5.97. The van der Waals surface area contributed by atoms with Gasteiger partial charge < -0.3 is 4.74 Å². The van der Waals surface area contributed by atoms with Crippen molar-refractivity contribution in [1.82, 2.24) is 0 Å². The maximum atomic E-state index is 11.5. The summed E-state index contributed by atoms with van der Waals surface area (Å²) in [6.45, 7) is 6.87. The Kier molecular flexibility index (Phi) is 2.53. The van der Waals surface area contributed by atoms with E-state index < -0.39 is 0 Å². The molecule has 2 bridgehead atoms. The van der Waals surface area contributed by atoms with Crippen LogP contribution in [-0.4, -0.2) is 12.1 Å². The van der Waals surface area contributed by atoms with Crippen LogP contribution in [0.4, 0.5) is 0 Å². The monoisotopic (exact) mass is 220 g/mol. The molecule has 2 saturated carbocycles. The van der Waals surface area contributed by atoms with E-state index in [4.69, 9.17) is 11.2 Å². The highest BCUT2D eigenvalue weighted by molar-refractivity contribution is 5.72. The third kappa shape index (κ3) is 1.38. The maximum Gasteiger partial charge on any atom is 0.318 e. The predicted molar refractivity (Wildman–Crippen MR) is 62.6 cm³/mol. The SMILES string of the molecule is C#CCC(=O)OC1CC2CCC1(C)C2(C)C. The van der Waals surface area contributed by atoms with Crippen LogP contribution in [0.15, 0.2) is 0 Å². The summed E-state index contributed by atoms with van der Waals surface area (Å²) in [6, 6.07) is 0. The topological polar surface area (TPSA) is 26.3 Å². The van der Waals surface area contributed by atoms with E-state index in [0.29, 0.717) is 5.92 Å². The molecule has 0 aromatic heterocycles. The second kappa shape index (κ2) is 3.52. The van der Waals surface area contributed by atoms with Crippen LogP contribution in [0.5, 0.6) is 0 Å². The highest BCUT2D eigenvalue weighted by atomic mass is 16.5. The number of carbonyl (C=O) groups excluding carboxylic acids is 1. The molecule has 0 aromatic rings. The predicted octanol–water partition coefficient (Wildman–Crippen LogP) is 2.77. The van der Waals surface area contributed by atoms with Crippen LogP contribution < -0.4 is 0 Å². The molecule has 2 aliphatic rings. The van der Waals surface area contributed by atoms with Gasteiger partial charge in [-0.15, -0.1) is 6.42 Å². The Bertz CT molecular complexity index is 350. The van der Waals surface area contributed by atoms with Gasteiger partial charge in [-0.3, -0.25) is 4.79 Å². The zero-order valence-electron chi connectivity index (χ0n) is 10.4. The van der Waals surface area contributed by atoms with Crippen molar-refractivity contribution in [2.24, 2.45) is 16.7 Å². The van der Waals surface area contributed by atoms with E-state index in [2.05, 4.69) is 26.7 Å². The molecule has 16 heavy (non-hydrogen) atoms. The molecule has 2 aliphatic carbocycles. The van der Waals surface area contributed by atoms with Gasteiger partial charge in [-0.25, -0.2) is 0 Å². The van der Waals surface area contributed by atoms with E-state index >= 15 is 0 Å². The van der Waals surface area contributed by atoms with Gasteiger partial charge in [-0.05, 0) is 30.6 Å². The van der Waals surface area contributed by atoms with Crippen LogP contribution in [0, 0.1) is 29.1 Å². The molecule has 0 N–H and O–H groups in total. The van der Waals surface area contributed by atoms with Gasteiger partial charge in [0.1, 0.15) is 12.5 Å². The normalized spacial score (nSPS) is 39.4. The fraction of sp³-hybridized carbons (Fsp3) is 0.786. The third-order valence-electron chi connectivity index (χ3n) is 5.23. The zero-order valence-corrected chi connectivity index (χ0v) is 10.4. The first-order valence-corrected chi connectivity index (χ1v) is 6.05. The molecule has 0 spiro atoms. The van der Waals surface area contributed by atoms with Crippen molar-refractivity contribution in [1.29, 1.82) is 0 Å². The first-order valence-electron chi connectivity index (χ1n) is 6.05. The van der Waals surface area contributed by atoms with Gasteiger partial charge in [0.2, 0.25) is 0 Å². The number of fused-ring (bicyclic) bond motifs is 2. The summed E-state index contributed by atoms with van der Waals surface area (Å²) >= 11 is 0. The van der Waals surface area contributed by atoms with E-state index in [-0.39, 0.29) is 29.3 Å². The van der Waals surface area contributed by atoms with Crippen LogP contribution in [0.25, 0.3) is 0 Å². The van der Waals surface area contributed by atoms with Gasteiger partial charge >= 0.3 is 5.97 Å². The number of rotatable bonds is 2. The second-order valence-electron chi connectivity index (χ2n) is 5.97. The van der Waals surface area contributed by atoms with Gasteiger partial charge in [0.25, 0.3) is 0 Å². The average Bonchev–Trinajstić information content (AvgIpc) is 2.51. The lowest BCUT2D eigenvalue weighted by Gasteiger charge is -2.38. The number of hydrogen-bond acceptors (Lipinski definition) is 2. The van der Waals surface area contributed by atoms with E-state index in [1.165, 1.54) is 12.8 Å². The Hall–Kier alpha value is -0.970. The number of ether oxygens (including phenoxy) is 1. The van der Waals surface area contributed by atoms with E-state index in [1.54, 1.807) is 0 Å². The minimum Gasteiger partial charge on any atom is -0.461 e. The van der Waals surface area contributed by atoms with Crippen molar-refractivity contribution in [2.45, 2.75) is 52.6 Å². The largest absolute Gasteiger partial charge is 0.461 e. The van der Waals surface area contributed by atoms with E-state index in [0.717, 1.165) is 6.42 Å². The lowest BCUT2D eigenvalue weighted by atomic mass is 9.70. The number of esters is 1. The summed E-state index contributed by atoms with van der Waals surface area (Å²) < 4.78 is 5.54. The molecule has 0 amide bonds. The number of terminal acetylenes is 1. The number of carbonyl (C=O) groups is 1. The van der Waals surface area contributed by atoms with Gasteiger partial charge in [-0.1, -0.05) is 26.7 Å². The molecule has 88 valence electrons. The summed E-state index contributed by atoms with van der Waals surface area (Å²) in [5.74, 6) is 2.80. The van der Waals surface area contributed by atoms with E-state index in [1.807, 2.05) is 0 Å². The molecule has 3 unspecified atom stereocenters. The van der Waals surface area contributed by atoms with Gasteiger partial charge in [0, 0.05) is 5.41 Å². The first-order chi connectivity index (χ1) is 7.41. The Balaban J connectivity index is 2.11. The molecule has 0 aromatic carbocycles. The fourth-order valence-electron chi connectivity index (χ4n) is 3.59. The fourth-order valence-corrected chi connectivity index (χ4v) is 3.59. The summed E-state index contributed by atoms with van der Waals surface area (Å²) in [6.07, 6.45) is 8.73. The summed E-state index contributed by atoms with van der Waals surface area (Å²) in [7, 11) is 0. The Morgan fingerprint density at radius 2 is 2.19 bits per heavy atom. The Morgan fingerprint density at radius 3 is 2.62 bits per heavy atom. The van der Waals surface area contributed by atoms with Crippen molar-refractivity contribution in [3.05, 3.63) is 0 Å². The lowest BCUT2D eigenvalue weighted by Crippen LogP contribution is -2.38. The van der Waals surface area contributed by atoms with E-state index in [9.17, 15) is 4.79 Å². The zero-order chi connectivity index (χ0) is 12.0. The van der Waals surface area contributed by atoms with Gasteiger partial charge in [0.05, 0.1) is 0 Å². The molecule has 0 radical (unpaired) electrons. The minimum atomic E-state index is -0.239. The van der Waals surface area contributed by atoms with Crippen LogP contribution in [0.1, 0.15) is 46.5 Å². The molecule has 2 heteroatoms. The minimum absolute atomic E-state index is 0.0714. The molecule has 3 atom stereocenters. The van der Waals surface area contributed by atoms with Gasteiger partial charge in [0.15, 0.2) is 0 Å². The summed E-state index contributed by atoms with van der Waals surface area (Å²) in [5.41, 5.74) is 0.427. The third-order valence-corrected chi connectivity index (χ3v) is 5.23. The highest BCUT2D eigenvalue weighted by Crippen LogP contribution is 2.66. The summed E-state index contributed by atoms with van der Waals surface area (Å²) in [5, 5.41) is 0. The Labute approximate surface area is 97.7 Å². The van der Waals surface area contributed by atoms with Crippen molar-refractivity contribution in [3.63, 3.8) is 0 Å². The van der Waals surface area contributed by atoms with Gasteiger partial charge in [-0.2, -0.15) is 0 Å². The van der Waals surface area contributed by atoms with Crippen molar-refractivity contribution < 1.29 is 9.53 Å². The quantitative estimate of drug-likeness (QED) is 0.528. The van der Waals surface area contributed by atoms with Crippen molar-refractivity contribution in [2.75, 3.05) is 0 Å². The van der Waals surface area contributed by atoms with Crippen LogP contribution in [0.3, 0.4) is 0 Å². The molecule has 0 saturated heterocycles. The standard InChI is InChI=1S/C14H20O2/c1-5-6-12(15)16-11-9-10-7-8-14(11,4)13(10,2)3/h1,10-11H,6-9H2,2-4H3. The smallest absolute Gasteiger partial charge is 0.318 e. The molecule has 0 aliphatic heterocycles. The maximum absolute atomic E-state index is 11.5. The number of hydrogen-bond donors (Lipinski definition) is 0. The molecule has 0 heterocycles. The summed E-state index contributed by atoms with van der Waals surface area (Å²) in [4.78, 5) is 11.5. The van der Waals surface area contributed by atoms with Crippen molar-refractivity contribution >= 4 is 5.97 Å².